The summed E-state index contributed by atoms with van der Waals surface area (Å²) in [5.74, 6) is 0.214. The predicted octanol–water partition coefficient (Wildman–Crippen LogP) is 6.66. The van der Waals surface area contributed by atoms with Crippen molar-refractivity contribution in [2.75, 3.05) is 0 Å². The van der Waals surface area contributed by atoms with Crippen LogP contribution < -0.4 is 5.56 Å². The Kier molecular flexibility index (Phi) is 6.94. The molecule has 0 spiro atoms. The summed E-state index contributed by atoms with van der Waals surface area (Å²) in [6, 6.07) is 20.5. The highest BCUT2D eigenvalue weighted by Gasteiger charge is 2.71. The number of aliphatic hydroxyl groups is 1. The molecule has 1 N–H and O–H groups in total. The molecular formula is C30H21F6N3O2. The molecule has 0 saturated carbocycles. The summed E-state index contributed by atoms with van der Waals surface area (Å²) >= 11 is 0. The third-order valence-electron chi connectivity index (χ3n) is 6.74. The number of fused-ring (bicyclic) bond motifs is 1. The average molecular weight is 570 g/mol. The number of nitrogens with zero attached hydrogens (tertiary/aromatic N) is 3. The molecule has 0 fully saturated rings. The van der Waals surface area contributed by atoms with Crippen molar-refractivity contribution in [3.8, 4) is 16.9 Å². The van der Waals surface area contributed by atoms with Gasteiger partial charge in [0.1, 0.15) is 5.82 Å². The topological polar surface area (TPSA) is 68.0 Å². The van der Waals surface area contributed by atoms with Gasteiger partial charge in [0.2, 0.25) is 0 Å². The van der Waals surface area contributed by atoms with Crippen molar-refractivity contribution in [2.24, 2.45) is 0 Å². The van der Waals surface area contributed by atoms with E-state index in [2.05, 4.69) is 9.97 Å². The second-order valence-corrected chi connectivity index (χ2v) is 9.53. The minimum atomic E-state index is -6.04. The van der Waals surface area contributed by atoms with Gasteiger partial charge in [-0.05, 0) is 48.9 Å². The molecule has 2 aromatic heterocycles. The first kappa shape index (κ1) is 28.0. The zero-order valence-corrected chi connectivity index (χ0v) is 21.3. The van der Waals surface area contributed by atoms with Crippen LogP contribution in [0.15, 0.2) is 95.9 Å². The molecule has 11 heteroatoms. The molecule has 0 aliphatic heterocycles. The first-order valence-electron chi connectivity index (χ1n) is 12.3. The van der Waals surface area contributed by atoms with Crippen LogP contribution in [-0.2, 0) is 12.0 Å². The third-order valence-corrected chi connectivity index (χ3v) is 6.74. The van der Waals surface area contributed by atoms with Crippen LogP contribution in [0.1, 0.15) is 22.5 Å². The van der Waals surface area contributed by atoms with Crippen LogP contribution >= 0.6 is 0 Å². The first-order chi connectivity index (χ1) is 19.3. The van der Waals surface area contributed by atoms with E-state index in [-0.39, 0.29) is 23.3 Å². The Morgan fingerprint density at radius 3 is 2.07 bits per heavy atom. The fraction of sp³-hybridized carbons (Fsp3) is 0.167. The Balaban J connectivity index is 1.70. The fourth-order valence-electron chi connectivity index (χ4n) is 4.54. The molecule has 210 valence electrons. The van der Waals surface area contributed by atoms with E-state index in [1.165, 1.54) is 0 Å². The summed E-state index contributed by atoms with van der Waals surface area (Å²) in [5.41, 5.74) is -3.79. The van der Waals surface area contributed by atoms with Gasteiger partial charge < -0.3 is 5.11 Å². The molecule has 0 bridgehead atoms. The number of benzene rings is 3. The third kappa shape index (κ3) is 5.08. The molecule has 0 aliphatic rings. The largest absolute Gasteiger partial charge is 0.430 e. The summed E-state index contributed by atoms with van der Waals surface area (Å²) in [6.45, 7) is 1.90. The molecule has 5 rings (SSSR count). The van der Waals surface area contributed by atoms with Gasteiger partial charge in [-0.15, -0.1) is 0 Å². The fourth-order valence-corrected chi connectivity index (χ4v) is 4.54. The van der Waals surface area contributed by atoms with Crippen molar-refractivity contribution in [2.45, 2.75) is 31.3 Å². The average Bonchev–Trinajstić information content (AvgIpc) is 2.93. The van der Waals surface area contributed by atoms with Crippen LogP contribution in [0.5, 0.6) is 0 Å². The zero-order valence-electron chi connectivity index (χ0n) is 21.3. The Morgan fingerprint density at radius 2 is 1.49 bits per heavy atom. The Labute approximate surface area is 229 Å². The molecule has 0 atom stereocenters. The molecule has 5 nitrogen and oxygen atoms in total. The lowest BCUT2D eigenvalue weighted by Gasteiger charge is -2.32. The van der Waals surface area contributed by atoms with Gasteiger partial charge in [0.25, 0.3) is 11.2 Å². The molecule has 0 radical (unpaired) electrons. The molecule has 0 unspecified atom stereocenters. The van der Waals surface area contributed by atoms with E-state index in [4.69, 9.17) is 0 Å². The van der Waals surface area contributed by atoms with Crippen molar-refractivity contribution in [3.05, 3.63) is 124 Å². The summed E-state index contributed by atoms with van der Waals surface area (Å²) in [7, 11) is 0. The minimum absolute atomic E-state index is 0.0230. The minimum Gasteiger partial charge on any atom is -0.369 e. The van der Waals surface area contributed by atoms with Crippen molar-refractivity contribution >= 4 is 10.9 Å². The molecule has 3 aromatic carbocycles. The lowest BCUT2D eigenvalue weighted by atomic mass is 9.92. The van der Waals surface area contributed by atoms with E-state index < -0.39 is 29.1 Å². The van der Waals surface area contributed by atoms with E-state index in [1.54, 1.807) is 42.6 Å². The summed E-state index contributed by atoms with van der Waals surface area (Å²) in [4.78, 5) is 22.8. The van der Waals surface area contributed by atoms with E-state index in [1.807, 2.05) is 31.2 Å². The number of rotatable bonds is 5. The SMILES string of the molecule is Cc1ccc(Cc2nc3ccc(-c4ccccn4)cc3c(=O)n2-c2ccc(C(O)(C(F)(F)F)C(F)(F)F)cc2)cc1. The van der Waals surface area contributed by atoms with E-state index >= 15 is 0 Å². The quantitative estimate of drug-likeness (QED) is 0.241. The van der Waals surface area contributed by atoms with Gasteiger partial charge in [-0.2, -0.15) is 26.3 Å². The van der Waals surface area contributed by atoms with Crippen LogP contribution in [0.3, 0.4) is 0 Å². The molecule has 41 heavy (non-hydrogen) atoms. The van der Waals surface area contributed by atoms with Gasteiger partial charge in [-0.25, -0.2) is 4.98 Å². The zero-order chi connectivity index (χ0) is 29.6. The van der Waals surface area contributed by atoms with Crippen LogP contribution in [0, 0.1) is 6.92 Å². The maximum absolute atomic E-state index is 13.9. The van der Waals surface area contributed by atoms with Crippen molar-refractivity contribution < 1.29 is 31.4 Å². The lowest BCUT2D eigenvalue weighted by Crippen LogP contribution is -2.53. The Hall–Kier alpha value is -4.51. The van der Waals surface area contributed by atoms with Crippen LogP contribution in [0.4, 0.5) is 26.3 Å². The molecule has 0 amide bonds. The second kappa shape index (κ2) is 10.2. The van der Waals surface area contributed by atoms with Gasteiger partial charge in [0.15, 0.2) is 0 Å². The molecule has 5 aromatic rings. The molecule has 0 saturated heterocycles. The van der Waals surface area contributed by atoms with Gasteiger partial charge >= 0.3 is 12.4 Å². The van der Waals surface area contributed by atoms with Crippen molar-refractivity contribution in [1.82, 2.24) is 14.5 Å². The Bertz CT molecular complexity index is 1750. The van der Waals surface area contributed by atoms with Crippen molar-refractivity contribution in [3.63, 3.8) is 0 Å². The molecular weight excluding hydrogens is 548 g/mol. The second-order valence-electron chi connectivity index (χ2n) is 9.53. The predicted molar refractivity (Wildman–Crippen MR) is 141 cm³/mol. The maximum Gasteiger partial charge on any atom is 0.430 e. The monoisotopic (exact) mass is 569 g/mol. The van der Waals surface area contributed by atoms with Gasteiger partial charge in [-0.1, -0.05) is 54.1 Å². The summed E-state index contributed by atoms with van der Waals surface area (Å²) in [6.07, 6.45) is -10.3. The van der Waals surface area contributed by atoms with Gasteiger partial charge in [0, 0.05) is 23.7 Å². The maximum atomic E-state index is 13.9. The Morgan fingerprint density at radius 1 is 0.829 bits per heavy atom. The summed E-state index contributed by atoms with van der Waals surface area (Å²) < 4.78 is 81.7. The normalized spacial score (nSPS) is 12.6. The van der Waals surface area contributed by atoms with Crippen LogP contribution in [0.2, 0.25) is 0 Å². The smallest absolute Gasteiger partial charge is 0.369 e. The van der Waals surface area contributed by atoms with Crippen LogP contribution in [-0.4, -0.2) is 32.0 Å². The number of hydrogen-bond donors (Lipinski definition) is 1. The molecule has 2 heterocycles. The summed E-state index contributed by atoms with van der Waals surface area (Å²) in [5, 5.41) is 9.96. The number of halogens is 6. The number of pyridine rings is 1. The van der Waals surface area contributed by atoms with E-state index in [9.17, 15) is 36.2 Å². The number of hydrogen-bond acceptors (Lipinski definition) is 4. The molecule has 0 aliphatic carbocycles. The standard InChI is InChI=1S/C30H21F6N3O2/c1-18-5-7-19(8-6-18)16-26-38-25-14-9-20(24-4-2-3-15-37-24)17-23(25)27(40)39(26)22-12-10-21(11-13-22)28(41,29(31,32)33)30(34,35)36/h2-15,17,41H,16H2,1H3. The number of aryl methyl sites for hydroxylation is 1. The first-order valence-corrected chi connectivity index (χ1v) is 12.3. The lowest BCUT2D eigenvalue weighted by molar-refractivity contribution is -0.376. The van der Waals surface area contributed by atoms with Gasteiger partial charge in [-0.3, -0.25) is 14.3 Å². The number of alkyl halides is 6. The highest BCUT2D eigenvalue weighted by atomic mass is 19.4. The van der Waals surface area contributed by atoms with E-state index in [0.717, 1.165) is 27.8 Å². The van der Waals surface area contributed by atoms with Crippen LogP contribution in [0.25, 0.3) is 27.8 Å². The highest BCUT2D eigenvalue weighted by Crippen LogP contribution is 2.50. The van der Waals surface area contributed by atoms with E-state index in [0.29, 0.717) is 28.9 Å². The van der Waals surface area contributed by atoms with Crippen molar-refractivity contribution in [1.29, 1.82) is 0 Å². The highest BCUT2D eigenvalue weighted by molar-refractivity contribution is 5.83. The number of aromatic nitrogens is 3. The van der Waals surface area contributed by atoms with Gasteiger partial charge in [0.05, 0.1) is 22.3 Å².